The maximum absolute atomic E-state index is 12.5. The Hall–Kier alpha value is -1.18. The van der Waals surface area contributed by atoms with Crippen molar-refractivity contribution in [2.75, 3.05) is 58.9 Å². The number of hydrogen-bond acceptors (Lipinski definition) is 5. The number of nitrogens with zero attached hydrogens (tertiary/aromatic N) is 3. The quantitative estimate of drug-likeness (QED) is 0.733. The van der Waals surface area contributed by atoms with Crippen molar-refractivity contribution in [3.05, 3.63) is 0 Å². The molecule has 0 aromatic rings. The Morgan fingerprint density at radius 2 is 1.69 bits per heavy atom. The smallest absolute Gasteiger partial charge is 0.223 e. The number of piperidine rings is 1. The number of hydrogen-bond donors (Lipinski definition) is 1. The molecule has 3 saturated heterocycles. The van der Waals surface area contributed by atoms with E-state index < -0.39 is 0 Å². The summed E-state index contributed by atoms with van der Waals surface area (Å²) in [6, 6.07) is 0. The normalized spacial score (nSPS) is 26.5. The third kappa shape index (κ3) is 4.96. The molecule has 148 valence electrons. The molecule has 1 unspecified atom stereocenters. The van der Waals surface area contributed by atoms with Crippen LogP contribution in [0.15, 0.2) is 0 Å². The molecule has 1 spiro atoms. The number of carbonyl (C=O) groups is 2. The van der Waals surface area contributed by atoms with E-state index >= 15 is 0 Å². The van der Waals surface area contributed by atoms with E-state index in [-0.39, 0.29) is 23.5 Å². The van der Waals surface area contributed by atoms with E-state index in [0.29, 0.717) is 13.0 Å². The number of likely N-dealkylation sites (tertiary alicyclic amines) is 1. The summed E-state index contributed by atoms with van der Waals surface area (Å²) in [7, 11) is 0. The van der Waals surface area contributed by atoms with Gasteiger partial charge in [0.15, 0.2) is 0 Å². The number of likely N-dealkylation sites (N-methyl/N-ethyl adjacent to an activating group) is 1. The molecule has 0 aromatic carbocycles. The molecule has 7 nitrogen and oxygen atoms in total. The molecule has 26 heavy (non-hydrogen) atoms. The second-order valence-corrected chi connectivity index (χ2v) is 7.97. The van der Waals surface area contributed by atoms with Crippen molar-refractivity contribution in [3.63, 3.8) is 0 Å². The van der Waals surface area contributed by atoms with Gasteiger partial charge >= 0.3 is 0 Å². The molecule has 7 heteroatoms. The van der Waals surface area contributed by atoms with Gasteiger partial charge in [0.25, 0.3) is 0 Å². The molecule has 3 fully saturated rings. The average Bonchev–Trinajstić information content (AvgIpc) is 2.63. The van der Waals surface area contributed by atoms with Crippen molar-refractivity contribution >= 4 is 11.8 Å². The summed E-state index contributed by atoms with van der Waals surface area (Å²) in [6.07, 6.45) is 3.61. The third-order valence-electron chi connectivity index (χ3n) is 6.18. The fraction of sp³-hybridized carbons (Fsp3) is 0.895. The van der Waals surface area contributed by atoms with Gasteiger partial charge in [0.1, 0.15) is 0 Å². The Bertz CT molecular complexity index is 489. The fourth-order valence-electron chi connectivity index (χ4n) is 4.36. The lowest BCUT2D eigenvalue weighted by atomic mass is 9.80. The van der Waals surface area contributed by atoms with Crippen LogP contribution < -0.4 is 5.32 Å². The van der Waals surface area contributed by atoms with Crippen LogP contribution in [0.25, 0.3) is 0 Å². The van der Waals surface area contributed by atoms with Gasteiger partial charge in [-0.3, -0.25) is 9.59 Å². The summed E-state index contributed by atoms with van der Waals surface area (Å²) in [5.74, 6) is 0.276. The van der Waals surface area contributed by atoms with Crippen LogP contribution in [0.2, 0.25) is 0 Å². The van der Waals surface area contributed by atoms with E-state index in [0.717, 1.165) is 71.6 Å². The second-order valence-electron chi connectivity index (χ2n) is 7.97. The Kier molecular flexibility index (Phi) is 6.53. The van der Waals surface area contributed by atoms with Crippen molar-refractivity contribution < 1.29 is 14.3 Å². The van der Waals surface area contributed by atoms with Gasteiger partial charge in [-0.2, -0.15) is 0 Å². The van der Waals surface area contributed by atoms with E-state index in [1.807, 2.05) is 4.90 Å². The van der Waals surface area contributed by atoms with Crippen LogP contribution in [0.1, 0.15) is 39.5 Å². The first-order valence-corrected chi connectivity index (χ1v) is 10.1. The lowest BCUT2D eigenvalue weighted by Crippen LogP contribution is -2.59. The van der Waals surface area contributed by atoms with Gasteiger partial charge in [-0.05, 0) is 19.4 Å². The van der Waals surface area contributed by atoms with Crippen molar-refractivity contribution in [2.45, 2.75) is 51.2 Å². The standard InChI is InChI=1S/C19H34N4O3/c1-3-21-10-12-22(13-11-21)7-4-18(25)23-8-5-19(6-9-23)14-17(26-19)15-20-16(2)24/h17H,3-15H2,1-2H3,(H,20,24). The fourth-order valence-corrected chi connectivity index (χ4v) is 4.36. The van der Waals surface area contributed by atoms with Gasteiger partial charge in [-0.25, -0.2) is 0 Å². The molecular weight excluding hydrogens is 332 g/mol. The summed E-state index contributed by atoms with van der Waals surface area (Å²) < 4.78 is 6.06. The summed E-state index contributed by atoms with van der Waals surface area (Å²) in [6.45, 7) is 12.3. The predicted octanol–water partition coefficient (Wildman–Crippen LogP) is 0.300. The Morgan fingerprint density at radius 1 is 1.08 bits per heavy atom. The van der Waals surface area contributed by atoms with Crippen LogP contribution in [0.4, 0.5) is 0 Å². The summed E-state index contributed by atoms with van der Waals surface area (Å²) in [4.78, 5) is 30.4. The number of amides is 2. The Morgan fingerprint density at radius 3 is 2.27 bits per heavy atom. The highest BCUT2D eigenvalue weighted by atomic mass is 16.5. The Balaban J connectivity index is 1.31. The first-order valence-electron chi connectivity index (χ1n) is 10.1. The number of nitrogens with one attached hydrogen (secondary N) is 1. The molecule has 1 N–H and O–H groups in total. The molecule has 3 aliphatic rings. The molecule has 1 atom stereocenters. The van der Waals surface area contributed by atoms with E-state index in [4.69, 9.17) is 4.74 Å². The predicted molar refractivity (Wildman–Crippen MR) is 99.9 cm³/mol. The minimum atomic E-state index is -0.0452. The minimum Gasteiger partial charge on any atom is -0.370 e. The zero-order chi connectivity index (χ0) is 18.6. The maximum atomic E-state index is 12.5. The zero-order valence-corrected chi connectivity index (χ0v) is 16.3. The van der Waals surface area contributed by atoms with Crippen LogP contribution in [0, 0.1) is 0 Å². The molecule has 3 heterocycles. The molecule has 2 amide bonds. The number of rotatable bonds is 6. The molecule has 0 aliphatic carbocycles. The molecule has 0 radical (unpaired) electrons. The van der Waals surface area contributed by atoms with Crippen LogP contribution in [-0.4, -0.2) is 97.1 Å². The molecular formula is C19H34N4O3. The molecule has 3 aliphatic heterocycles. The average molecular weight is 367 g/mol. The van der Waals surface area contributed by atoms with Crippen molar-refractivity contribution in [3.8, 4) is 0 Å². The molecule has 0 bridgehead atoms. The highest BCUT2D eigenvalue weighted by Crippen LogP contribution is 2.41. The Labute approximate surface area is 157 Å². The maximum Gasteiger partial charge on any atom is 0.223 e. The lowest BCUT2D eigenvalue weighted by Gasteiger charge is -2.52. The number of piperazine rings is 1. The van der Waals surface area contributed by atoms with Crippen LogP contribution in [0.3, 0.4) is 0 Å². The van der Waals surface area contributed by atoms with E-state index in [1.165, 1.54) is 6.92 Å². The first kappa shape index (κ1) is 19.6. The largest absolute Gasteiger partial charge is 0.370 e. The zero-order valence-electron chi connectivity index (χ0n) is 16.3. The van der Waals surface area contributed by atoms with Gasteiger partial charge in [-0.1, -0.05) is 6.92 Å². The third-order valence-corrected chi connectivity index (χ3v) is 6.18. The van der Waals surface area contributed by atoms with Crippen molar-refractivity contribution in [1.29, 1.82) is 0 Å². The minimum absolute atomic E-state index is 0.00826. The second kappa shape index (κ2) is 8.67. The highest BCUT2D eigenvalue weighted by molar-refractivity contribution is 5.76. The summed E-state index contributed by atoms with van der Waals surface area (Å²) in [5.41, 5.74) is -0.0452. The summed E-state index contributed by atoms with van der Waals surface area (Å²) >= 11 is 0. The highest BCUT2D eigenvalue weighted by Gasteiger charge is 2.47. The van der Waals surface area contributed by atoms with E-state index in [9.17, 15) is 9.59 Å². The van der Waals surface area contributed by atoms with E-state index in [2.05, 4.69) is 22.0 Å². The number of ether oxygens (including phenoxy) is 1. The molecule has 0 saturated carbocycles. The van der Waals surface area contributed by atoms with Crippen LogP contribution >= 0.6 is 0 Å². The van der Waals surface area contributed by atoms with Crippen LogP contribution in [0.5, 0.6) is 0 Å². The summed E-state index contributed by atoms with van der Waals surface area (Å²) in [5, 5.41) is 2.81. The van der Waals surface area contributed by atoms with Crippen molar-refractivity contribution in [2.24, 2.45) is 0 Å². The number of carbonyl (C=O) groups excluding carboxylic acids is 2. The van der Waals surface area contributed by atoms with Crippen molar-refractivity contribution in [1.82, 2.24) is 20.0 Å². The molecule has 0 aromatic heterocycles. The lowest BCUT2D eigenvalue weighted by molar-refractivity contribution is -0.222. The SMILES string of the molecule is CCN1CCN(CCC(=O)N2CCC3(CC2)CC(CNC(C)=O)O3)CC1. The van der Waals surface area contributed by atoms with Gasteiger partial charge in [0, 0.05) is 72.1 Å². The molecule has 3 rings (SSSR count). The van der Waals surface area contributed by atoms with Gasteiger partial charge in [0.05, 0.1) is 11.7 Å². The monoisotopic (exact) mass is 366 g/mol. The first-order chi connectivity index (χ1) is 12.5. The van der Waals surface area contributed by atoms with Gasteiger partial charge < -0.3 is 24.8 Å². The topological polar surface area (TPSA) is 65.1 Å². The van der Waals surface area contributed by atoms with E-state index in [1.54, 1.807) is 0 Å². The van der Waals surface area contributed by atoms with Crippen LogP contribution in [-0.2, 0) is 14.3 Å². The van der Waals surface area contributed by atoms with Gasteiger partial charge in [0.2, 0.25) is 11.8 Å². The van der Waals surface area contributed by atoms with Gasteiger partial charge in [-0.15, -0.1) is 0 Å².